The van der Waals surface area contributed by atoms with Crippen molar-refractivity contribution in [2.75, 3.05) is 19.0 Å². The molecular formula is C24H27N2PS. The zero-order chi connectivity index (χ0) is 20.3. The van der Waals surface area contributed by atoms with Crippen LogP contribution in [0.4, 0.5) is 5.69 Å². The third kappa shape index (κ3) is 4.66. The molecule has 2 nitrogen and oxygen atoms in total. The summed E-state index contributed by atoms with van der Waals surface area (Å²) in [5, 5.41) is 1.11. The SMILES string of the molecule is CC/C(S)=C\c1nc(-c2ccc(-c3ccc(N(C)C)cc3)cc2)c(P)cc1C. The Balaban J connectivity index is 1.94. The molecule has 4 heteroatoms. The molecule has 1 aromatic heterocycles. The number of allylic oxidation sites excluding steroid dienone is 1. The number of rotatable bonds is 5. The maximum Gasteiger partial charge on any atom is 0.0780 e. The van der Waals surface area contributed by atoms with E-state index in [1.54, 1.807) is 0 Å². The molecule has 144 valence electrons. The number of hydrogen-bond donors (Lipinski definition) is 1. The van der Waals surface area contributed by atoms with Gasteiger partial charge in [0.1, 0.15) is 0 Å². The quantitative estimate of drug-likeness (QED) is 0.415. The summed E-state index contributed by atoms with van der Waals surface area (Å²) >= 11 is 4.52. The number of anilines is 1. The number of benzene rings is 2. The minimum absolute atomic E-state index is 0.906. The first-order valence-corrected chi connectivity index (χ1v) is 10.5. The van der Waals surface area contributed by atoms with Crippen LogP contribution < -0.4 is 10.2 Å². The van der Waals surface area contributed by atoms with Gasteiger partial charge in [0.2, 0.25) is 0 Å². The molecule has 0 aliphatic rings. The molecule has 0 radical (unpaired) electrons. The van der Waals surface area contributed by atoms with Crippen molar-refractivity contribution in [3.8, 4) is 22.4 Å². The van der Waals surface area contributed by atoms with Crippen molar-refractivity contribution in [2.45, 2.75) is 20.3 Å². The highest BCUT2D eigenvalue weighted by molar-refractivity contribution is 7.84. The average Bonchev–Trinajstić information content (AvgIpc) is 2.70. The second-order valence-electron chi connectivity index (χ2n) is 7.14. The van der Waals surface area contributed by atoms with Crippen LogP contribution in [0.5, 0.6) is 0 Å². The highest BCUT2D eigenvalue weighted by atomic mass is 32.1. The van der Waals surface area contributed by atoms with Gasteiger partial charge in [-0.3, -0.25) is 0 Å². The Bertz CT molecular complexity index is 990. The summed E-state index contributed by atoms with van der Waals surface area (Å²) in [7, 11) is 6.92. The predicted octanol–water partition coefficient (Wildman–Crippen LogP) is 5.97. The molecule has 0 N–H and O–H groups in total. The van der Waals surface area contributed by atoms with E-state index in [1.165, 1.54) is 16.8 Å². The number of aryl methyl sites for hydroxylation is 1. The second-order valence-corrected chi connectivity index (χ2v) is 8.33. The van der Waals surface area contributed by atoms with Gasteiger partial charge in [-0.1, -0.05) is 43.3 Å². The first kappa shape index (κ1) is 20.6. The summed E-state index contributed by atoms with van der Waals surface area (Å²) in [4.78, 5) is 8.06. The summed E-state index contributed by atoms with van der Waals surface area (Å²) < 4.78 is 0. The van der Waals surface area contributed by atoms with E-state index in [9.17, 15) is 0 Å². The molecule has 0 aliphatic heterocycles. The van der Waals surface area contributed by atoms with Crippen LogP contribution in [-0.4, -0.2) is 19.1 Å². The standard InChI is InChI=1S/C24H27N2PS/c1-5-21(28)15-22-16(2)14-23(27)24(25-22)19-8-6-17(7-9-19)18-10-12-20(13-11-18)26(3)4/h6-15,28H,5,27H2,1-4H3/b21-15+. The van der Waals surface area contributed by atoms with Gasteiger partial charge in [0.15, 0.2) is 0 Å². The van der Waals surface area contributed by atoms with Crippen molar-refractivity contribution in [1.29, 1.82) is 0 Å². The summed E-state index contributed by atoms with van der Waals surface area (Å²) in [6.45, 7) is 4.19. The highest BCUT2D eigenvalue weighted by Gasteiger charge is 2.09. The lowest BCUT2D eigenvalue weighted by molar-refractivity contribution is 1.13. The fourth-order valence-electron chi connectivity index (χ4n) is 3.06. The minimum atomic E-state index is 0.906. The van der Waals surface area contributed by atoms with E-state index in [0.717, 1.165) is 39.1 Å². The van der Waals surface area contributed by atoms with Gasteiger partial charge in [0.25, 0.3) is 0 Å². The monoisotopic (exact) mass is 406 g/mol. The Morgan fingerprint density at radius 2 is 1.54 bits per heavy atom. The van der Waals surface area contributed by atoms with Gasteiger partial charge in [-0.25, -0.2) is 4.98 Å². The summed E-state index contributed by atoms with van der Waals surface area (Å²) in [5.41, 5.74) is 7.87. The topological polar surface area (TPSA) is 16.1 Å². The van der Waals surface area contributed by atoms with E-state index >= 15 is 0 Å². The fraction of sp³-hybridized carbons (Fsp3) is 0.208. The lowest BCUT2D eigenvalue weighted by atomic mass is 10.0. The Morgan fingerprint density at radius 3 is 2.07 bits per heavy atom. The maximum absolute atomic E-state index is 4.91. The molecule has 0 saturated heterocycles. The molecule has 0 saturated carbocycles. The zero-order valence-electron chi connectivity index (χ0n) is 16.9. The molecule has 1 unspecified atom stereocenters. The Kier molecular flexibility index (Phi) is 6.59. The van der Waals surface area contributed by atoms with Crippen LogP contribution in [0.15, 0.2) is 59.5 Å². The molecule has 0 fully saturated rings. The van der Waals surface area contributed by atoms with Gasteiger partial charge in [0, 0.05) is 25.3 Å². The number of pyridine rings is 1. The predicted molar refractivity (Wildman–Crippen MR) is 131 cm³/mol. The minimum Gasteiger partial charge on any atom is -0.378 e. The maximum atomic E-state index is 4.91. The molecule has 3 aromatic rings. The highest BCUT2D eigenvalue weighted by Crippen LogP contribution is 2.27. The summed E-state index contributed by atoms with van der Waals surface area (Å²) in [5.74, 6) is 0. The van der Waals surface area contributed by atoms with Crippen molar-refractivity contribution in [1.82, 2.24) is 4.98 Å². The molecule has 0 aliphatic carbocycles. The molecule has 3 rings (SSSR count). The van der Waals surface area contributed by atoms with Crippen LogP contribution in [-0.2, 0) is 0 Å². The smallest absolute Gasteiger partial charge is 0.0780 e. The fourth-order valence-corrected chi connectivity index (χ4v) is 3.66. The van der Waals surface area contributed by atoms with Crippen LogP contribution in [0.2, 0.25) is 0 Å². The van der Waals surface area contributed by atoms with Crippen molar-refractivity contribution in [2.24, 2.45) is 0 Å². The summed E-state index contributed by atoms with van der Waals surface area (Å²) in [6.07, 6.45) is 2.97. The van der Waals surface area contributed by atoms with Gasteiger partial charge in [-0.05, 0) is 64.5 Å². The first-order chi connectivity index (χ1) is 13.4. The molecule has 0 bridgehead atoms. The van der Waals surface area contributed by atoms with E-state index in [4.69, 9.17) is 4.98 Å². The Hall–Kier alpha value is -2.09. The lowest BCUT2D eigenvalue weighted by Gasteiger charge is -2.13. The van der Waals surface area contributed by atoms with Gasteiger partial charge >= 0.3 is 0 Å². The van der Waals surface area contributed by atoms with Crippen molar-refractivity contribution < 1.29 is 0 Å². The van der Waals surface area contributed by atoms with Crippen LogP contribution in [0, 0.1) is 6.92 Å². The van der Waals surface area contributed by atoms with Crippen LogP contribution in [0.1, 0.15) is 24.6 Å². The van der Waals surface area contributed by atoms with Crippen molar-refractivity contribution in [3.05, 3.63) is 70.8 Å². The van der Waals surface area contributed by atoms with Gasteiger partial charge in [0.05, 0.1) is 11.4 Å². The third-order valence-corrected chi connectivity index (χ3v) is 5.71. The molecule has 2 aromatic carbocycles. The van der Waals surface area contributed by atoms with Gasteiger partial charge < -0.3 is 4.90 Å². The molecular weight excluding hydrogens is 379 g/mol. The van der Waals surface area contributed by atoms with E-state index in [0.29, 0.717) is 0 Å². The van der Waals surface area contributed by atoms with Gasteiger partial charge in [-0.15, -0.1) is 21.9 Å². The molecule has 1 heterocycles. The number of hydrogen-bond acceptors (Lipinski definition) is 3. The second kappa shape index (κ2) is 8.94. The molecule has 0 spiro atoms. The van der Waals surface area contributed by atoms with Crippen molar-refractivity contribution >= 4 is 38.9 Å². The molecule has 0 amide bonds. The summed E-state index contributed by atoms with van der Waals surface area (Å²) in [6, 6.07) is 19.4. The van der Waals surface area contributed by atoms with Crippen LogP contribution in [0.3, 0.4) is 0 Å². The van der Waals surface area contributed by atoms with E-state index in [-0.39, 0.29) is 0 Å². The zero-order valence-corrected chi connectivity index (χ0v) is 18.9. The number of thiol groups is 1. The largest absolute Gasteiger partial charge is 0.378 e. The number of aromatic nitrogens is 1. The average molecular weight is 407 g/mol. The Morgan fingerprint density at radius 1 is 1.00 bits per heavy atom. The molecule has 1 atom stereocenters. The lowest BCUT2D eigenvalue weighted by Crippen LogP contribution is -2.07. The van der Waals surface area contributed by atoms with E-state index in [2.05, 4.69) is 115 Å². The third-order valence-electron chi connectivity index (χ3n) is 4.82. The van der Waals surface area contributed by atoms with Gasteiger partial charge in [-0.2, -0.15) is 0 Å². The number of nitrogens with zero attached hydrogens (tertiary/aromatic N) is 2. The van der Waals surface area contributed by atoms with Crippen molar-refractivity contribution in [3.63, 3.8) is 0 Å². The molecule has 28 heavy (non-hydrogen) atoms. The Labute approximate surface area is 176 Å². The first-order valence-electron chi connectivity index (χ1n) is 9.44. The van der Waals surface area contributed by atoms with E-state index < -0.39 is 0 Å². The normalized spacial score (nSPS) is 11.6. The van der Waals surface area contributed by atoms with E-state index in [1.807, 2.05) is 0 Å². The van der Waals surface area contributed by atoms with Crippen LogP contribution >= 0.6 is 21.9 Å². The van der Waals surface area contributed by atoms with Crippen LogP contribution in [0.25, 0.3) is 28.5 Å².